The summed E-state index contributed by atoms with van der Waals surface area (Å²) in [5.74, 6) is -0.436. The van der Waals surface area contributed by atoms with Crippen LogP contribution >= 0.6 is 11.6 Å². The summed E-state index contributed by atoms with van der Waals surface area (Å²) in [6.07, 6.45) is 1.30. The molecule has 0 saturated carbocycles. The third-order valence-electron chi connectivity index (χ3n) is 3.10. The molecular formula is C16H16ClFO. The van der Waals surface area contributed by atoms with Crippen LogP contribution in [-0.4, -0.2) is 11.2 Å². The molecule has 3 heteroatoms. The molecule has 0 spiro atoms. The Bertz CT molecular complexity index is 528. The summed E-state index contributed by atoms with van der Waals surface area (Å²) < 4.78 is 13.3. The van der Waals surface area contributed by atoms with Crippen molar-refractivity contribution in [2.75, 3.05) is 0 Å². The molecule has 0 aliphatic heterocycles. The molecule has 0 heterocycles. The first-order valence-electron chi connectivity index (χ1n) is 6.31. The standard InChI is InChI=1S/C16H16ClFO/c17-16-13(7-4-8-15(16)18)11-14(19)10-9-12-5-2-1-3-6-12/h1-8,14,19H,9-11H2. The van der Waals surface area contributed by atoms with E-state index in [0.29, 0.717) is 18.4 Å². The molecule has 19 heavy (non-hydrogen) atoms. The van der Waals surface area contributed by atoms with Crippen LogP contribution in [-0.2, 0) is 12.8 Å². The highest BCUT2D eigenvalue weighted by Gasteiger charge is 2.11. The summed E-state index contributed by atoms with van der Waals surface area (Å²) in [7, 11) is 0. The van der Waals surface area contributed by atoms with Crippen molar-refractivity contribution in [3.8, 4) is 0 Å². The van der Waals surface area contributed by atoms with E-state index in [4.69, 9.17) is 11.6 Å². The van der Waals surface area contributed by atoms with Gasteiger partial charge >= 0.3 is 0 Å². The van der Waals surface area contributed by atoms with Gasteiger partial charge in [-0.1, -0.05) is 54.1 Å². The van der Waals surface area contributed by atoms with Gasteiger partial charge in [0.1, 0.15) is 5.82 Å². The molecule has 1 atom stereocenters. The maximum atomic E-state index is 13.3. The summed E-state index contributed by atoms with van der Waals surface area (Å²) in [6.45, 7) is 0. The Hall–Kier alpha value is -1.38. The van der Waals surface area contributed by atoms with E-state index in [-0.39, 0.29) is 5.02 Å². The number of hydrogen-bond donors (Lipinski definition) is 1. The molecule has 1 N–H and O–H groups in total. The zero-order valence-corrected chi connectivity index (χ0v) is 11.3. The lowest BCUT2D eigenvalue weighted by Gasteiger charge is -2.12. The number of aryl methyl sites for hydroxylation is 1. The zero-order valence-electron chi connectivity index (χ0n) is 10.5. The Kier molecular flexibility index (Phi) is 4.94. The molecule has 2 aromatic carbocycles. The fourth-order valence-corrected chi connectivity index (χ4v) is 2.24. The molecule has 2 aromatic rings. The van der Waals surface area contributed by atoms with E-state index in [1.807, 2.05) is 30.3 Å². The molecule has 0 saturated heterocycles. The van der Waals surface area contributed by atoms with Gasteiger partial charge in [-0.3, -0.25) is 0 Å². The minimum Gasteiger partial charge on any atom is -0.393 e. The van der Waals surface area contributed by atoms with Crippen molar-refractivity contribution in [1.29, 1.82) is 0 Å². The van der Waals surface area contributed by atoms with Crippen molar-refractivity contribution in [2.24, 2.45) is 0 Å². The van der Waals surface area contributed by atoms with Gasteiger partial charge < -0.3 is 5.11 Å². The topological polar surface area (TPSA) is 20.2 Å². The molecular weight excluding hydrogens is 263 g/mol. The van der Waals surface area contributed by atoms with Gasteiger partial charge in [0.25, 0.3) is 0 Å². The van der Waals surface area contributed by atoms with Crippen molar-refractivity contribution >= 4 is 11.6 Å². The van der Waals surface area contributed by atoms with Gasteiger partial charge in [0.05, 0.1) is 11.1 Å². The Morgan fingerprint density at radius 2 is 1.79 bits per heavy atom. The van der Waals surface area contributed by atoms with Crippen molar-refractivity contribution in [3.05, 3.63) is 70.5 Å². The number of benzene rings is 2. The van der Waals surface area contributed by atoms with E-state index >= 15 is 0 Å². The lowest BCUT2D eigenvalue weighted by Crippen LogP contribution is -2.12. The summed E-state index contributed by atoms with van der Waals surface area (Å²) in [4.78, 5) is 0. The minimum absolute atomic E-state index is 0.112. The highest BCUT2D eigenvalue weighted by molar-refractivity contribution is 6.31. The lowest BCUT2D eigenvalue weighted by molar-refractivity contribution is 0.165. The van der Waals surface area contributed by atoms with Crippen LogP contribution < -0.4 is 0 Å². The molecule has 0 aromatic heterocycles. The highest BCUT2D eigenvalue weighted by Crippen LogP contribution is 2.21. The minimum atomic E-state index is -0.514. The third-order valence-corrected chi connectivity index (χ3v) is 3.52. The lowest BCUT2D eigenvalue weighted by atomic mass is 10.0. The highest BCUT2D eigenvalue weighted by atomic mass is 35.5. The first kappa shape index (κ1) is 14.0. The van der Waals surface area contributed by atoms with Crippen molar-refractivity contribution in [2.45, 2.75) is 25.4 Å². The van der Waals surface area contributed by atoms with E-state index in [9.17, 15) is 9.50 Å². The second kappa shape index (κ2) is 6.69. The largest absolute Gasteiger partial charge is 0.393 e. The van der Waals surface area contributed by atoms with Gasteiger partial charge in [-0.05, 0) is 36.5 Å². The van der Waals surface area contributed by atoms with Crippen molar-refractivity contribution < 1.29 is 9.50 Å². The molecule has 1 nitrogen and oxygen atoms in total. The average Bonchev–Trinajstić information content (AvgIpc) is 2.43. The summed E-state index contributed by atoms with van der Waals surface area (Å²) >= 11 is 5.87. The van der Waals surface area contributed by atoms with Crippen LogP contribution in [0.3, 0.4) is 0 Å². The molecule has 0 aliphatic rings. The van der Waals surface area contributed by atoms with Gasteiger partial charge in [0.15, 0.2) is 0 Å². The van der Waals surface area contributed by atoms with Crippen LogP contribution in [0.4, 0.5) is 4.39 Å². The monoisotopic (exact) mass is 278 g/mol. The maximum absolute atomic E-state index is 13.3. The predicted octanol–water partition coefficient (Wildman–Crippen LogP) is 4.02. The van der Waals surface area contributed by atoms with Crippen molar-refractivity contribution in [1.82, 2.24) is 0 Å². The summed E-state index contributed by atoms with van der Waals surface area (Å²) in [5.41, 5.74) is 1.84. The fourth-order valence-electron chi connectivity index (χ4n) is 2.04. The average molecular weight is 279 g/mol. The normalized spacial score (nSPS) is 12.4. The fraction of sp³-hybridized carbons (Fsp3) is 0.250. The maximum Gasteiger partial charge on any atom is 0.142 e. The second-order valence-corrected chi connectivity index (χ2v) is 4.97. The molecule has 100 valence electrons. The second-order valence-electron chi connectivity index (χ2n) is 4.60. The Morgan fingerprint density at radius 1 is 1.05 bits per heavy atom. The van der Waals surface area contributed by atoms with Gasteiger partial charge in [-0.25, -0.2) is 4.39 Å². The summed E-state index contributed by atoms with van der Waals surface area (Å²) in [6, 6.07) is 14.7. The number of aliphatic hydroxyl groups is 1. The Labute approximate surface area is 117 Å². The van der Waals surface area contributed by atoms with E-state index in [2.05, 4.69) is 0 Å². The molecule has 0 aliphatic carbocycles. The molecule has 0 bridgehead atoms. The first-order valence-corrected chi connectivity index (χ1v) is 6.69. The van der Waals surface area contributed by atoms with Crippen LogP contribution in [0.5, 0.6) is 0 Å². The van der Waals surface area contributed by atoms with Crippen molar-refractivity contribution in [3.63, 3.8) is 0 Å². The van der Waals surface area contributed by atoms with Crippen LogP contribution in [0.2, 0.25) is 5.02 Å². The zero-order chi connectivity index (χ0) is 13.7. The molecule has 0 amide bonds. The molecule has 2 rings (SSSR count). The van der Waals surface area contributed by atoms with E-state index in [1.54, 1.807) is 12.1 Å². The van der Waals surface area contributed by atoms with Gasteiger partial charge in [-0.15, -0.1) is 0 Å². The van der Waals surface area contributed by atoms with E-state index in [1.165, 1.54) is 11.6 Å². The van der Waals surface area contributed by atoms with Crippen LogP contribution in [0, 0.1) is 5.82 Å². The third kappa shape index (κ3) is 4.05. The SMILES string of the molecule is OC(CCc1ccccc1)Cc1cccc(F)c1Cl. The van der Waals surface area contributed by atoms with Gasteiger partial charge in [0, 0.05) is 0 Å². The van der Waals surface area contributed by atoms with Crippen LogP contribution in [0.1, 0.15) is 17.5 Å². The van der Waals surface area contributed by atoms with Gasteiger partial charge in [0.2, 0.25) is 0 Å². The summed E-state index contributed by atoms with van der Waals surface area (Å²) in [5, 5.41) is 10.1. The smallest absolute Gasteiger partial charge is 0.142 e. The molecule has 1 unspecified atom stereocenters. The molecule has 0 fully saturated rings. The van der Waals surface area contributed by atoms with E-state index < -0.39 is 11.9 Å². The van der Waals surface area contributed by atoms with Crippen LogP contribution in [0.15, 0.2) is 48.5 Å². The first-order chi connectivity index (χ1) is 9.16. The Morgan fingerprint density at radius 3 is 2.53 bits per heavy atom. The molecule has 0 radical (unpaired) electrons. The van der Waals surface area contributed by atoms with Crippen LogP contribution in [0.25, 0.3) is 0 Å². The Balaban J connectivity index is 1.91. The predicted molar refractivity (Wildman–Crippen MR) is 75.9 cm³/mol. The van der Waals surface area contributed by atoms with Gasteiger partial charge in [-0.2, -0.15) is 0 Å². The number of rotatable bonds is 5. The number of hydrogen-bond acceptors (Lipinski definition) is 1. The number of aliphatic hydroxyl groups excluding tert-OH is 1. The quantitative estimate of drug-likeness (QED) is 0.876. The number of halogens is 2. The van der Waals surface area contributed by atoms with E-state index in [0.717, 1.165) is 6.42 Å².